The van der Waals surface area contributed by atoms with E-state index < -0.39 is 0 Å². The van der Waals surface area contributed by atoms with Gasteiger partial charge in [-0.05, 0) is 38.5 Å². The number of nitrogens with zero attached hydrogens (tertiary/aromatic N) is 4. The third-order valence-corrected chi connectivity index (χ3v) is 4.28. The highest BCUT2D eigenvalue weighted by atomic mass is 16.2. The summed E-state index contributed by atoms with van der Waals surface area (Å²) in [6.07, 6.45) is 6.78. The SMILES string of the molecule is CCO.CCc1cnn2c(NCC(C)C)cc(N3CCCCC3)nc12. The molecule has 3 heterocycles. The van der Waals surface area contributed by atoms with Crippen LogP contribution in [0.2, 0.25) is 0 Å². The number of hydrogen-bond acceptors (Lipinski definition) is 5. The number of nitrogens with one attached hydrogen (secondary N) is 1. The molecular formula is C19H33N5O. The van der Waals surface area contributed by atoms with Crippen molar-refractivity contribution in [2.45, 2.75) is 53.4 Å². The molecule has 0 aliphatic carbocycles. The summed E-state index contributed by atoms with van der Waals surface area (Å²) < 4.78 is 1.95. The molecule has 2 N–H and O–H groups in total. The van der Waals surface area contributed by atoms with E-state index in [1.807, 2.05) is 10.7 Å². The first-order valence-corrected chi connectivity index (χ1v) is 9.58. The fourth-order valence-electron chi connectivity index (χ4n) is 2.96. The minimum absolute atomic E-state index is 0.250. The predicted molar refractivity (Wildman–Crippen MR) is 105 cm³/mol. The van der Waals surface area contributed by atoms with Gasteiger partial charge in [0.15, 0.2) is 5.65 Å². The van der Waals surface area contributed by atoms with E-state index in [4.69, 9.17) is 10.1 Å². The highest BCUT2D eigenvalue weighted by Gasteiger charge is 2.16. The second-order valence-corrected chi connectivity index (χ2v) is 6.90. The zero-order chi connectivity index (χ0) is 18.2. The van der Waals surface area contributed by atoms with Crippen LogP contribution in [0.5, 0.6) is 0 Å². The van der Waals surface area contributed by atoms with E-state index in [0.717, 1.165) is 43.3 Å². The number of aliphatic hydroxyl groups is 1. The monoisotopic (exact) mass is 347 g/mol. The molecule has 0 unspecified atom stereocenters. The summed E-state index contributed by atoms with van der Waals surface area (Å²) >= 11 is 0. The largest absolute Gasteiger partial charge is 0.397 e. The van der Waals surface area contributed by atoms with Crippen LogP contribution in [0.25, 0.3) is 5.65 Å². The van der Waals surface area contributed by atoms with Crippen molar-refractivity contribution in [1.29, 1.82) is 0 Å². The van der Waals surface area contributed by atoms with Gasteiger partial charge in [-0.1, -0.05) is 20.8 Å². The number of aromatic nitrogens is 3. The van der Waals surface area contributed by atoms with Gasteiger partial charge in [0.05, 0.1) is 6.20 Å². The zero-order valence-corrected chi connectivity index (χ0v) is 16.1. The Morgan fingerprint density at radius 3 is 2.48 bits per heavy atom. The Morgan fingerprint density at radius 2 is 1.88 bits per heavy atom. The Labute approximate surface area is 151 Å². The lowest BCUT2D eigenvalue weighted by molar-refractivity contribution is 0.318. The van der Waals surface area contributed by atoms with Gasteiger partial charge in [0, 0.05) is 37.9 Å². The van der Waals surface area contributed by atoms with E-state index in [-0.39, 0.29) is 6.61 Å². The summed E-state index contributed by atoms with van der Waals surface area (Å²) in [7, 11) is 0. The summed E-state index contributed by atoms with van der Waals surface area (Å²) in [5.41, 5.74) is 2.21. The maximum Gasteiger partial charge on any atom is 0.162 e. The molecule has 1 saturated heterocycles. The summed E-state index contributed by atoms with van der Waals surface area (Å²) in [5.74, 6) is 2.75. The van der Waals surface area contributed by atoms with Crippen LogP contribution in [0, 0.1) is 5.92 Å². The number of fused-ring (bicyclic) bond motifs is 1. The molecule has 25 heavy (non-hydrogen) atoms. The van der Waals surface area contributed by atoms with Gasteiger partial charge in [-0.25, -0.2) is 4.98 Å². The van der Waals surface area contributed by atoms with Crippen molar-refractivity contribution in [3.05, 3.63) is 17.8 Å². The quantitative estimate of drug-likeness (QED) is 0.868. The van der Waals surface area contributed by atoms with Crippen LogP contribution in [0.3, 0.4) is 0 Å². The fraction of sp³-hybridized carbons (Fsp3) is 0.684. The first-order chi connectivity index (χ1) is 12.1. The molecule has 6 heteroatoms. The fourth-order valence-corrected chi connectivity index (χ4v) is 2.96. The highest BCUT2D eigenvalue weighted by molar-refractivity contribution is 5.61. The van der Waals surface area contributed by atoms with E-state index in [1.165, 1.54) is 24.8 Å². The molecule has 0 atom stereocenters. The first kappa shape index (κ1) is 19.5. The van der Waals surface area contributed by atoms with Gasteiger partial charge >= 0.3 is 0 Å². The van der Waals surface area contributed by atoms with Gasteiger partial charge in [-0.3, -0.25) is 0 Å². The van der Waals surface area contributed by atoms with Crippen molar-refractivity contribution < 1.29 is 5.11 Å². The van der Waals surface area contributed by atoms with Crippen LogP contribution in [0.1, 0.15) is 52.5 Å². The van der Waals surface area contributed by atoms with Gasteiger partial charge in [0.1, 0.15) is 11.6 Å². The smallest absolute Gasteiger partial charge is 0.162 e. The van der Waals surface area contributed by atoms with E-state index in [0.29, 0.717) is 5.92 Å². The predicted octanol–water partition coefficient (Wildman–Crippen LogP) is 3.35. The lowest BCUT2D eigenvalue weighted by Crippen LogP contribution is -2.30. The van der Waals surface area contributed by atoms with Crippen molar-refractivity contribution in [3.63, 3.8) is 0 Å². The van der Waals surface area contributed by atoms with Gasteiger partial charge in [-0.2, -0.15) is 9.61 Å². The van der Waals surface area contributed by atoms with E-state index in [1.54, 1.807) is 6.92 Å². The second-order valence-electron chi connectivity index (χ2n) is 6.90. The summed E-state index contributed by atoms with van der Waals surface area (Å²) in [4.78, 5) is 7.32. The lowest BCUT2D eigenvalue weighted by atomic mass is 10.1. The molecule has 140 valence electrons. The highest BCUT2D eigenvalue weighted by Crippen LogP contribution is 2.24. The average molecular weight is 348 g/mol. The molecule has 3 rings (SSSR count). The van der Waals surface area contributed by atoms with Gasteiger partial charge in [0.25, 0.3) is 0 Å². The molecular weight excluding hydrogens is 314 g/mol. The third kappa shape index (κ3) is 5.08. The molecule has 2 aromatic heterocycles. The molecule has 1 aliphatic heterocycles. The number of aryl methyl sites for hydroxylation is 1. The average Bonchev–Trinajstić information content (AvgIpc) is 3.04. The van der Waals surface area contributed by atoms with Gasteiger partial charge < -0.3 is 15.3 Å². The van der Waals surface area contributed by atoms with Crippen molar-refractivity contribution in [2.24, 2.45) is 5.92 Å². The van der Waals surface area contributed by atoms with Crippen LogP contribution >= 0.6 is 0 Å². The number of anilines is 2. The second kappa shape index (κ2) is 9.61. The zero-order valence-electron chi connectivity index (χ0n) is 16.1. The number of rotatable bonds is 5. The summed E-state index contributed by atoms with van der Waals surface area (Å²) in [6.45, 7) is 11.7. The molecule has 0 spiro atoms. The third-order valence-electron chi connectivity index (χ3n) is 4.28. The van der Waals surface area contributed by atoms with E-state index in [9.17, 15) is 0 Å². The molecule has 1 fully saturated rings. The molecule has 0 bridgehead atoms. The molecule has 1 aliphatic rings. The molecule has 0 aromatic carbocycles. The number of aliphatic hydroxyl groups excluding tert-OH is 1. The molecule has 2 aromatic rings. The minimum atomic E-state index is 0.250. The van der Waals surface area contributed by atoms with Crippen LogP contribution in [0.4, 0.5) is 11.6 Å². The normalized spacial score (nSPS) is 14.6. The maximum atomic E-state index is 7.57. The van der Waals surface area contributed by atoms with E-state index in [2.05, 4.69) is 42.2 Å². The molecule has 0 radical (unpaired) electrons. The van der Waals surface area contributed by atoms with Crippen molar-refractivity contribution in [3.8, 4) is 0 Å². The van der Waals surface area contributed by atoms with Crippen LogP contribution < -0.4 is 10.2 Å². The van der Waals surface area contributed by atoms with Crippen LogP contribution in [-0.2, 0) is 6.42 Å². The van der Waals surface area contributed by atoms with Crippen LogP contribution in [-0.4, -0.2) is 45.9 Å². The Balaban J connectivity index is 0.000000701. The Kier molecular flexibility index (Phi) is 7.50. The van der Waals surface area contributed by atoms with Crippen LogP contribution in [0.15, 0.2) is 12.3 Å². The Hall–Kier alpha value is -1.82. The standard InChI is InChI=1S/C17H27N5.C2H6O/c1-4-14-12-19-22-15(18-11-13(2)3)10-16(20-17(14)22)21-8-6-5-7-9-21;1-2-3/h10,12-13,18H,4-9,11H2,1-3H3;3H,2H2,1H3. The number of piperidine rings is 1. The summed E-state index contributed by atoms with van der Waals surface area (Å²) in [6, 6.07) is 2.16. The van der Waals surface area contributed by atoms with Crippen molar-refractivity contribution in [1.82, 2.24) is 14.6 Å². The summed E-state index contributed by atoms with van der Waals surface area (Å²) in [5, 5.41) is 15.6. The van der Waals surface area contributed by atoms with Crippen molar-refractivity contribution in [2.75, 3.05) is 36.5 Å². The topological polar surface area (TPSA) is 65.7 Å². The van der Waals surface area contributed by atoms with E-state index >= 15 is 0 Å². The Bertz CT molecular complexity index is 647. The van der Waals surface area contributed by atoms with Gasteiger partial charge in [0.2, 0.25) is 0 Å². The molecule has 6 nitrogen and oxygen atoms in total. The minimum Gasteiger partial charge on any atom is -0.397 e. The Morgan fingerprint density at radius 1 is 1.20 bits per heavy atom. The molecule has 0 amide bonds. The lowest BCUT2D eigenvalue weighted by Gasteiger charge is -2.28. The molecule has 0 saturated carbocycles. The maximum absolute atomic E-state index is 7.57. The first-order valence-electron chi connectivity index (χ1n) is 9.58. The number of hydrogen-bond donors (Lipinski definition) is 2. The van der Waals surface area contributed by atoms with Gasteiger partial charge in [-0.15, -0.1) is 0 Å². The van der Waals surface area contributed by atoms with Crippen molar-refractivity contribution >= 4 is 17.3 Å².